The summed E-state index contributed by atoms with van der Waals surface area (Å²) in [6.45, 7) is 5.70. The SMILES string of the molecule is CCNC(=NCC(C)CO)NCCc1ccc(C(F)(F)F)cc1.I. The number of alkyl halides is 3. The Morgan fingerprint density at radius 2 is 1.83 bits per heavy atom. The number of rotatable bonds is 7. The number of hydrogen-bond donors (Lipinski definition) is 3. The van der Waals surface area contributed by atoms with Gasteiger partial charge in [0.25, 0.3) is 0 Å². The minimum Gasteiger partial charge on any atom is -0.396 e. The van der Waals surface area contributed by atoms with Crippen molar-refractivity contribution in [2.24, 2.45) is 10.9 Å². The number of aliphatic hydroxyl groups is 1. The van der Waals surface area contributed by atoms with Gasteiger partial charge < -0.3 is 15.7 Å². The van der Waals surface area contributed by atoms with Gasteiger partial charge in [-0.3, -0.25) is 4.99 Å². The first-order valence-electron chi connectivity index (χ1n) is 7.66. The number of hydrogen-bond acceptors (Lipinski definition) is 2. The van der Waals surface area contributed by atoms with Crippen LogP contribution in [-0.2, 0) is 12.6 Å². The number of halogens is 4. The second-order valence-electron chi connectivity index (χ2n) is 5.38. The summed E-state index contributed by atoms with van der Waals surface area (Å²) in [6.07, 6.45) is -3.71. The molecule has 0 spiro atoms. The summed E-state index contributed by atoms with van der Waals surface area (Å²) < 4.78 is 37.5. The molecule has 8 heteroatoms. The normalized spacial score (nSPS) is 13.2. The Morgan fingerprint density at radius 1 is 1.21 bits per heavy atom. The zero-order chi connectivity index (χ0) is 17.3. The van der Waals surface area contributed by atoms with Gasteiger partial charge in [-0.2, -0.15) is 13.2 Å². The second-order valence-corrected chi connectivity index (χ2v) is 5.38. The molecule has 0 aliphatic carbocycles. The van der Waals surface area contributed by atoms with Crippen molar-refractivity contribution in [2.75, 3.05) is 26.2 Å². The number of nitrogens with zero attached hydrogens (tertiary/aromatic N) is 1. The Balaban J connectivity index is 0.00000529. The summed E-state index contributed by atoms with van der Waals surface area (Å²) in [7, 11) is 0. The molecule has 0 aromatic heterocycles. The van der Waals surface area contributed by atoms with E-state index in [1.54, 1.807) is 0 Å². The molecule has 0 heterocycles. The molecule has 0 saturated heterocycles. The minimum absolute atomic E-state index is 0. The molecule has 1 unspecified atom stereocenters. The van der Waals surface area contributed by atoms with Crippen LogP contribution in [0.1, 0.15) is 25.0 Å². The lowest BCUT2D eigenvalue weighted by molar-refractivity contribution is -0.137. The van der Waals surface area contributed by atoms with Crippen molar-refractivity contribution in [1.29, 1.82) is 0 Å². The van der Waals surface area contributed by atoms with Crippen LogP contribution in [0.5, 0.6) is 0 Å². The van der Waals surface area contributed by atoms with Crippen molar-refractivity contribution >= 4 is 29.9 Å². The molecule has 24 heavy (non-hydrogen) atoms. The molecule has 3 N–H and O–H groups in total. The highest BCUT2D eigenvalue weighted by atomic mass is 127. The van der Waals surface area contributed by atoms with E-state index in [9.17, 15) is 13.2 Å². The van der Waals surface area contributed by atoms with E-state index < -0.39 is 11.7 Å². The highest BCUT2D eigenvalue weighted by Crippen LogP contribution is 2.29. The summed E-state index contributed by atoms with van der Waals surface area (Å²) in [5.74, 6) is 0.722. The molecule has 0 radical (unpaired) electrons. The van der Waals surface area contributed by atoms with E-state index in [4.69, 9.17) is 5.11 Å². The first-order chi connectivity index (χ1) is 10.9. The molecule has 0 aliphatic rings. The van der Waals surface area contributed by atoms with E-state index in [0.717, 1.165) is 17.7 Å². The van der Waals surface area contributed by atoms with Crippen LogP contribution in [0.3, 0.4) is 0 Å². The van der Waals surface area contributed by atoms with Crippen molar-refractivity contribution in [3.05, 3.63) is 35.4 Å². The quantitative estimate of drug-likeness (QED) is 0.334. The molecule has 1 atom stereocenters. The monoisotopic (exact) mass is 459 g/mol. The van der Waals surface area contributed by atoms with E-state index in [2.05, 4.69) is 15.6 Å². The third kappa shape index (κ3) is 8.72. The molecule has 0 aliphatic heterocycles. The number of benzene rings is 1. The Kier molecular flexibility index (Phi) is 11.0. The van der Waals surface area contributed by atoms with Gasteiger partial charge in [-0.1, -0.05) is 19.1 Å². The highest BCUT2D eigenvalue weighted by molar-refractivity contribution is 14.0. The fourth-order valence-electron chi connectivity index (χ4n) is 1.83. The molecule has 0 amide bonds. The van der Waals surface area contributed by atoms with Crippen molar-refractivity contribution in [3.8, 4) is 0 Å². The Bertz CT molecular complexity index is 492. The van der Waals surface area contributed by atoms with Crippen molar-refractivity contribution in [2.45, 2.75) is 26.4 Å². The van der Waals surface area contributed by atoms with E-state index in [-0.39, 0.29) is 36.5 Å². The van der Waals surface area contributed by atoms with E-state index in [1.165, 1.54) is 12.1 Å². The van der Waals surface area contributed by atoms with Crippen LogP contribution >= 0.6 is 24.0 Å². The fraction of sp³-hybridized carbons (Fsp3) is 0.562. The van der Waals surface area contributed by atoms with Gasteiger partial charge >= 0.3 is 6.18 Å². The maximum Gasteiger partial charge on any atom is 0.416 e. The number of guanidine groups is 1. The summed E-state index contributed by atoms with van der Waals surface area (Å²) in [4.78, 5) is 4.35. The third-order valence-corrected chi connectivity index (χ3v) is 3.20. The largest absolute Gasteiger partial charge is 0.416 e. The Labute approximate surface area is 158 Å². The van der Waals surface area contributed by atoms with Gasteiger partial charge in [0, 0.05) is 26.2 Å². The molecular formula is C16H25F3IN3O. The van der Waals surface area contributed by atoms with Gasteiger partial charge in [0.05, 0.1) is 5.56 Å². The minimum atomic E-state index is -4.30. The first-order valence-corrected chi connectivity index (χ1v) is 7.66. The van der Waals surface area contributed by atoms with Crippen LogP contribution in [0.2, 0.25) is 0 Å². The Morgan fingerprint density at radius 3 is 2.33 bits per heavy atom. The van der Waals surface area contributed by atoms with Crippen molar-refractivity contribution in [1.82, 2.24) is 10.6 Å². The molecule has 138 valence electrons. The summed E-state index contributed by atoms with van der Waals surface area (Å²) in [5, 5.41) is 15.2. The third-order valence-electron chi connectivity index (χ3n) is 3.20. The lowest BCUT2D eigenvalue weighted by Crippen LogP contribution is -2.38. The van der Waals surface area contributed by atoms with Gasteiger partial charge in [0.2, 0.25) is 0 Å². The topological polar surface area (TPSA) is 56.7 Å². The van der Waals surface area contributed by atoms with E-state index >= 15 is 0 Å². The number of aliphatic hydroxyl groups excluding tert-OH is 1. The molecule has 1 rings (SSSR count). The van der Waals surface area contributed by atoms with Crippen LogP contribution in [-0.4, -0.2) is 37.3 Å². The summed E-state index contributed by atoms with van der Waals surface area (Å²) in [5.41, 5.74) is 0.187. The summed E-state index contributed by atoms with van der Waals surface area (Å²) >= 11 is 0. The lowest BCUT2D eigenvalue weighted by atomic mass is 10.1. The first kappa shape index (κ1) is 23.0. The van der Waals surface area contributed by atoms with Crippen LogP contribution in [0.25, 0.3) is 0 Å². The van der Waals surface area contributed by atoms with Crippen molar-refractivity contribution in [3.63, 3.8) is 0 Å². The van der Waals surface area contributed by atoms with Crippen LogP contribution in [0, 0.1) is 5.92 Å². The van der Waals surface area contributed by atoms with Gasteiger partial charge in [-0.25, -0.2) is 0 Å². The fourth-order valence-corrected chi connectivity index (χ4v) is 1.83. The summed E-state index contributed by atoms with van der Waals surface area (Å²) in [6, 6.07) is 5.17. The molecule has 1 aromatic carbocycles. The van der Waals surface area contributed by atoms with Gasteiger partial charge in [-0.05, 0) is 37.0 Å². The predicted octanol–water partition coefficient (Wildman–Crippen LogP) is 3.05. The average Bonchev–Trinajstić information content (AvgIpc) is 2.51. The van der Waals surface area contributed by atoms with Crippen LogP contribution in [0.4, 0.5) is 13.2 Å². The molecule has 1 aromatic rings. The lowest BCUT2D eigenvalue weighted by Gasteiger charge is -2.13. The molecule has 4 nitrogen and oxygen atoms in total. The van der Waals surface area contributed by atoms with Crippen LogP contribution in [0.15, 0.2) is 29.3 Å². The maximum atomic E-state index is 12.5. The molecular weight excluding hydrogens is 434 g/mol. The van der Waals surface area contributed by atoms with E-state index in [0.29, 0.717) is 32.0 Å². The zero-order valence-electron chi connectivity index (χ0n) is 13.9. The highest BCUT2D eigenvalue weighted by Gasteiger charge is 2.29. The Hall–Kier alpha value is -1.03. The average molecular weight is 459 g/mol. The maximum absolute atomic E-state index is 12.5. The number of nitrogens with one attached hydrogen (secondary N) is 2. The second kappa shape index (κ2) is 11.5. The molecule has 0 bridgehead atoms. The van der Waals surface area contributed by atoms with Gasteiger partial charge in [0.1, 0.15) is 0 Å². The predicted molar refractivity (Wildman–Crippen MR) is 101 cm³/mol. The van der Waals surface area contributed by atoms with E-state index in [1.807, 2.05) is 13.8 Å². The standard InChI is InChI=1S/C16H24F3N3O.HI/c1-3-20-15(22-10-12(2)11-23)21-9-8-13-4-6-14(7-5-13)16(17,18)19;/h4-7,12,23H,3,8-11H2,1-2H3,(H2,20,21,22);1H. The smallest absolute Gasteiger partial charge is 0.396 e. The van der Waals surface area contributed by atoms with Crippen LogP contribution < -0.4 is 10.6 Å². The molecule has 0 saturated carbocycles. The number of aliphatic imine (C=N–C) groups is 1. The molecule has 0 fully saturated rings. The zero-order valence-corrected chi connectivity index (χ0v) is 16.2. The van der Waals surface area contributed by atoms with Crippen molar-refractivity contribution < 1.29 is 18.3 Å². The van der Waals surface area contributed by atoms with Gasteiger partial charge in [0.15, 0.2) is 5.96 Å². The van der Waals surface area contributed by atoms with Gasteiger partial charge in [-0.15, -0.1) is 24.0 Å².